The zero-order valence-corrected chi connectivity index (χ0v) is 20.1. The number of hydrogen-bond acceptors (Lipinski definition) is 4. The number of carbonyl (C=O) groups is 4. The Morgan fingerprint density at radius 3 is 0.636 bits per heavy atom. The summed E-state index contributed by atoms with van der Waals surface area (Å²) < 4.78 is 0. The van der Waals surface area contributed by atoms with E-state index in [9.17, 15) is 0 Å². The Hall–Kier alpha value is 1.07. The monoisotopic (exact) mass is 376 g/mol. The van der Waals surface area contributed by atoms with Crippen molar-refractivity contribution < 1.29 is 142 Å². The number of carboxylic acids is 4. The summed E-state index contributed by atoms with van der Waals surface area (Å²) in [6, 6.07) is 0. The van der Waals surface area contributed by atoms with Gasteiger partial charge in [-0.2, -0.15) is 13.1 Å². The zero-order chi connectivity index (χ0) is 17.7. The second kappa shape index (κ2) is 43.1. The minimum atomic E-state index is -0.833. The molecule has 0 aliphatic heterocycles. The Kier molecular flexibility index (Phi) is 85.3. The molecule has 0 aliphatic carbocycles. The van der Waals surface area contributed by atoms with E-state index in [0.29, 0.717) is 0 Å². The van der Waals surface area contributed by atoms with Crippen LogP contribution in [0.5, 0.6) is 0 Å². The second-order valence-corrected chi connectivity index (χ2v) is 2.58. The van der Waals surface area contributed by atoms with Crippen LogP contribution in [0.3, 0.4) is 0 Å². The molecule has 122 valence electrons. The van der Waals surface area contributed by atoms with E-state index in [1.165, 1.54) is 0 Å². The van der Waals surface area contributed by atoms with Crippen LogP contribution in [0.15, 0.2) is 0 Å². The van der Waals surface area contributed by atoms with Crippen LogP contribution in [0, 0.1) is 0 Å². The first kappa shape index (κ1) is 43.5. The minimum Gasteiger partial charge on any atom is -0.679 e. The molecule has 0 aromatic carbocycles. The van der Waals surface area contributed by atoms with Crippen LogP contribution in [0.1, 0.15) is 27.7 Å². The zero-order valence-electron chi connectivity index (χ0n) is 13.8. The van der Waals surface area contributed by atoms with E-state index in [0.717, 1.165) is 27.7 Å². The Balaban J connectivity index is -0.0000000250. The molecule has 0 aromatic heterocycles. The fraction of sp³-hybridized carbons (Fsp3) is 0.600. The van der Waals surface area contributed by atoms with E-state index in [1.807, 2.05) is 0 Å². The molecule has 12 heteroatoms. The molecular formula is C10H22K2N2O8. The number of nitrogens with one attached hydrogen (secondary N) is 2. The van der Waals surface area contributed by atoms with Gasteiger partial charge in [-0.05, 0) is 0 Å². The number of rotatable bonds is 1. The summed E-state index contributed by atoms with van der Waals surface area (Å²) in [5.74, 6) is -3.33. The van der Waals surface area contributed by atoms with Crippen molar-refractivity contribution in [2.45, 2.75) is 27.7 Å². The predicted octanol–water partition coefficient (Wildman–Crippen LogP) is -4.54. The SMILES string of the molecule is CC(=O)O.CC(=O)O.CC(=O)O.CC(=O)O.[K+].[K+].[NH-]CC[NH-]. The topological polar surface area (TPSA) is 197 Å². The third-order valence-electron chi connectivity index (χ3n) is 0.125. The van der Waals surface area contributed by atoms with Crippen molar-refractivity contribution in [3.8, 4) is 0 Å². The maximum Gasteiger partial charge on any atom is 1.00 e. The summed E-state index contributed by atoms with van der Waals surface area (Å²) in [5, 5.41) is 29.7. The molecule has 0 atom stereocenters. The van der Waals surface area contributed by atoms with Gasteiger partial charge >= 0.3 is 103 Å². The molecule has 6 N–H and O–H groups in total. The van der Waals surface area contributed by atoms with Crippen molar-refractivity contribution in [2.75, 3.05) is 13.1 Å². The van der Waals surface area contributed by atoms with Crippen molar-refractivity contribution in [1.82, 2.24) is 0 Å². The number of hydrogen-bond donors (Lipinski definition) is 4. The molecule has 0 fully saturated rings. The average molecular weight is 376 g/mol. The van der Waals surface area contributed by atoms with Crippen LogP contribution < -0.4 is 103 Å². The molecule has 0 heterocycles. The van der Waals surface area contributed by atoms with E-state index >= 15 is 0 Å². The molecule has 0 aromatic rings. The molecule has 0 saturated carbocycles. The van der Waals surface area contributed by atoms with Crippen LogP contribution in [0.4, 0.5) is 0 Å². The quantitative estimate of drug-likeness (QED) is 0.328. The summed E-state index contributed by atoms with van der Waals surface area (Å²) in [6.07, 6.45) is 0. The largest absolute Gasteiger partial charge is 1.00 e. The van der Waals surface area contributed by atoms with Crippen LogP contribution in [0.25, 0.3) is 11.5 Å². The first-order valence-electron chi connectivity index (χ1n) is 4.92. The molecule has 0 aliphatic rings. The summed E-state index contributed by atoms with van der Waals surface area (Å²) in [7, 11) is 0. The molecular weight excluding hydrogens is 354 g/mol. The molecule has 0 spiro atoms. The number of carboxylic acid groups (broad SMARTS) is 4. The standard InChI is InChI=1S/C2H6N2.4C2H4O2.2K/c3-1-2-4;4*1-2(3)4;;/h3-4H,1-2H2;4*1H3,(H,3,4);;/q-2;;;;;2*+1. The van der Waals surface area contributed by atoms with Crippen molar-refractivity contribution in [1.29, 1.82) is 0 Å². The first-order chi connectivity index (χ1) is 8.84. The molecule has 0 saturated heterocycles. The van der Waals surface area contributed by atoms with E-state index in [4.69, 9.17) is 51.1 Å². The molecule has 0 radical (unpaired) electrons. The summed E-state index contributed by atoms with van der Waals surface area (Å²) in [5.41, 5.74) is 12.5. The normalized spacial score (nSPS) is 5.91. The number of aliphatic carboxylic acids is 4. The van der Waals surface area contributed by atoms with Gasteiger partial charge in [0.2, 0.25) is 0 Å². The summed E-state index contributed by atoms with van der Waals surface area (Å²) >= 11 is 0. The van der Waals surface area contributed by atoms with Gasteiger partial charge in [-0.15, -0.1) is 0 Å². The Morgan fingerprint density at radius 2 is 0.636 bits per heavy atom. The molecule has 0 amide bonds. The van der Waals surface area contributed by atoms with E-state index in [2.05, 4.69) is 0 Å². The summed E-state index contributed by atoms with van der Waals surface area (Å²) in [6.45, 7) is 4.81. The maximum absolute atomic E-state index is 9.00. The van der Waals surface area contributed by atoms with Crippen molar-refractivity contribution in [3.05, 3.63) is 11.5 Å². The molecule has 0 unspecified atom stereocenters. The van der Waals surface area contributed by atoms with Gasteiger partial charge in [-0.3, -0.25) is 19.2 Å². The van der Waals surface area contributed by atoms with Gasteiger partial charge in [0.25, 0.3) is 23.9 Å². The molecule has 22 heavy (non-hydrogen) atoms. The fourth-order valence-electron chi connectivity index (χ4n) is 0. The average Bonchev–Trinajstić information content (AvgIpc) is 2.13. The van der Waals surface area contributed by atoms with Gasteiger partial charge in [-0.25, -0.2) is 0 Å². The van der Waals surface area contributed by atoms with Crippen molar-refractivity contribution in [3.63, 3.8) is 0 Å². The Morgan fingerprint density at radius 1 is 0.591 bits per heavy atom. The Bertz CT molecular complexity index is 199. The van der Waals surface area contributed by atoms with Crippen molar-refractivity contribution in [2.24, 2.45) is 0 Å². The van der Waals surface area contributed by atoms with Gasteiger partial charge in [0.15, 0.2) is 0 Å². The van der Waals surface area contributed by atoms with E-state index in [1.54, 1.807) is 0 Å². The van der Waals surface area contributed by atoms with Crippen LogP contribution in [-0.2, 0) is 19.2 Å². The van der Waals surface area contributed by atoms with Crippen molar-refractivity contribution >= 4 is 23.9 Å². The van der Waals surface area contributed by atoms with Gasteiger partial charge in [0, 0.05) is 27.7 Å². The third-order valence-corrected chi connectivity index (χ3v) is 0.125. The maximum atomic E-state index is 9.00. The van der Waals surface area contributed by atoms with Crippen LogP contribution in [0.2, 0.25) is 0 Å². The van der Waals surface area contributed by atoms with Crippen LogP contribution >= 0.6 is 0 Å². The van der Waals surface area contributed by atoms with Gasteiger partial charge in [0.05, 0.1) is 0 Å². The Labute approximate surface area is 214 Å². The van der Waals surface area contributed by atoms with Crippen LogP contribution in [-0.4, -0.2) is 57.4 Å². The van der Waals surface area contributed by atoms with E-state index in [-0.39, 0.29) is 116 Å². The smallest absolute Gasteiger partial charge is 0.679 e. The predicted molar refractivity (Wildman–Crippen MR) is 71.6 cm³/mol. The van der Waals surface area contributed by atoms with Gasteiger partial charge < -0.3 is 31.9 Å². The van der Waals surface area contributed by atoms with Gasteiger partial charge in [-0.1, -0.05) is 0 Å². The minimum absolute atomic E-state index is 0. The van der Waals surface area contributed by atoms with E-state index < -0.39 is 23.9 Å². The molecule has 0 rings (SSSR count). The fourth-order valence-corrected chi connectivity index (χ4v) is 0. The second-order valence-electron chi connectivity index (χ2n) is 2.58. The third kappa shape index (κ3) is 1980. The molecule has 10 nitrogen and oxygen atoms in total. The molecule has 0 bridgehead atoms. The first-order valence-corrected chi connectivity index (χ1v) is 4.92. The van der Waals surface area contributed by atoms with Gasteiger partial charge in [0.1, 0.15) is 0 Å². The summed E-state index contributed by atoms with van der Waals surface area (Å²) in [4.78, 5) is 36.0.